The summed E-state index contributed by atoms with van der Waals surface area (Å²) in [6.07, 6.45) is 0.487. The van der Waals surface area contributed by atoms with Gasteiger partial charge in [0.1, 0.15) is 17.8 Å². The standard InChI is InChI=1S/C25H27N3O4/c1-3-32-21-11-7-5-9-17(21)24-23-18(16-8-4-6-10-19(16)26-23)14-20-25(30)27(12-13-31-2)15-22(29)28(20)24/h4-11,20,24,26H,3,12-15H2,1-2H3/t20-,24+/m0/s1. The lowest BCUT2D eigenvalue weighted by Gasteiger charge is -2.47. The van der Waals surface area contributed by atoms with Crippen LogP contribution < -0.4 is 4.74 Å². The predicted molar refractivity (Wildman–Crippen MR) is 121 cm³/mol. The van der Waals surface area contributed by atoms with Crippen molar-refractivity contribution in [1.82, 2.24) is 14.8 Å². The van der Waals surface area contributed by atoms with Crippen LogP contribution in [0.5, 0.6) is 5.75 Å². The number of hydrogen-bond acceptors (Lipinski definition) is 4. The van der Waals surface area contributed by atoms with Crippen LogP contribution in [-0.4, -0.2) is 66.1 Å². The van der Waals surface area contributed by atoms with Crippen molar-refractivity contribution >= 4 is 22.7 Å². The van der Waals surface area contributed by atoms with Crippen molar-refractivity contribution in [3.05, 3.63) is 65.4 Å². The van der Waals surface area contributed by atoms with Gasteiger partial charge in [-0.15, -0.1) is 0 Å². The summed E-state index contributed by atoms with van der Waals surface area (Å²) in [6.45, 7) is 3.33. The first-order valence-corrected chi connectivity index (χ1v) is 11.0. The van der Waals surface area contributed by atoms with Gasteiger partial charge in [0.15, 0.2) is 0 Å². The van der Waals surface area contributed by atoms with Gasteiger partial charge in [-0.2, -0.15) is 0 Å². The molecule has 2 aromatic carbocycles. The van der Waals surface area contributed by atoms with Crippen molar-refractivity contribution in [2.75, 3.05) is 33.4 Å². The molecule has 1 saturated heterocycles. The lowest BCUT2D eigenvalue weighted by atomic mass is 9.86. The summed E-state index contributed by atoms with van der Waals surface area (Å²) < 4.78 is 11.1. The number of aromatic amines is 1. The van der Waals surface area contributed by atoms with Crippen molar-refractivity contribution in [3.8, 4) is 5.75 Å². The van der Waals surface area contributed by atoms with Crippen LogP contribution in [0.1, 0.15) is 29.8 Å². The summed E-state index contributed by atoms with van der Waals surface area (Å²) in [5.74, 6) is 0.634. The number of aromatic nitrogens is 1. The zero-order chi connectivity index (χ0) is 22.2. The van der Waals surface area contributed by atoms with Crippen LogP contribution in [0.2, 0.25) is 0 Å². The highest BCUT2D eigenvalue weighted by atomic mass is 16.5. The molecule has 5 rings (SSSR count). The van der Waals surface area contributed by atoms with Crippen LogP contribution in [0, 0.1) is 0 Å². The van der Waals surface area contributed by atoms with E-state index in [1.165, 1.54) is 0 Å². The fraction of sp³-hybridized carbons (Fsp3) is 0.360. The molecule has 2 atom stereocenters. The normalized spacial score (nSPS) is 20.4. The third kappa shape index (κ3) is 3.24. The summed E-state index contributed by atoms with van der Waals surface area (Å²) in [6, 6.07) is 14.9. The maximum absolute atomic E-state index is 13.5. The fourth-order valence-electron chi connectivity index (χ4n) is 5.03. The Bertz CT molecular complexity index is 1170. The van der Waals surface area contributed by atoms with Gasteiger partial charge in [0.25, 0.3) is 0 Å². The van der Waals surface area contributed by atoms with E-state index in [2.05, 4.69) is 11.1 Å². The van der Waals surface area contributed by atoms with Gasteiger partial charge in [0, 0.05) is 42.2 Å². The topological polar surface area (TPSA) is 74.9 Å². The minimum atomic E-state index is -0.556. The van der Waals surface area contributed by atoms with Crippen molar-refractivity contribution in [3.63, 3.8) is 0 Å². The summed E-state index contributed by atoms with van der Waals surface area (Å²) in [5.41, 5.74) is 3.94. The van der Waals surface area contributed by atoms with Crippen molar-refractivity contribution < 1.29 is 19.1 Å². The largest absolute Gasteiger partial charge is 0.494 e. The third-order valence-corrected chi connectivity index (χ3v) is 6.42. The molecule has 0 unspecified atom stereocenters. The van der Waals surface area contributed by atoms with E-state index in [9.17, 15) is 9.59 Å². The lowest BCUT2D eigenvalue weighted by Crippen LogP contribution is -2.63. The van der Waals surface area contributed by atoms with Crippen molar-refractivity contribution in [1.29, 1.82) is 0 Å². The van der Waals surface area contributed by atoms with E-state index in [-0.39, 0.29) is 18.4 Å². The van der Waals surface area contributed by atoms with Crippen molar-refractivity contribution in [2.45, 2.75) is 25.4 Å². The number of carbonyl (C=O) groups is 2. The average molecular weight is 434 g/mol. The molecule has 0 bridgehead atoms. The highest BCUT2D eigenvalue weighted by Gasteiger charge is 2.48. The molecule has 1 aromatic heterocycles. The molecule has 1 N–H and O–H groups in total. The number of hydrogen-bond donors (Lipinski definition) is 1. The van der Waals surface area contributed by atoms with Gasteiger partial charge in [0.05, 0.1) is 19.8 Å². The Balaban J connectivity index is 1.68. The molecule has 0 radical (unpaired) electrons. The number of nitrogens with zero attached hydrogens (tertiary/aromatic N) is 2. The predicted octanol–water partition coefficient (Wildman–Crippen LogP) is 2.90. The number of carbonyl (C=O) groups excluding carboxylic acids is 2. The number of ether oxygens (including phenoxy) is 2. The molecule has 32 heavy (non-hydrogen) atoms. The molecule has 0 spiro atoms. The summed E-state index contributed by atoms with van der Waals surface area (Å²) >= 11 is 0. The Hall–Kier alpha value is -3.32. The molecule has 1 fully saturated rings. The molecule has 7 heteroatoms. The van der Waals surface area contributed by atoms with Crippen LogP contribution in [0.4, 0.5) is 0 Å². The van der Waals surface area contributed by atoms with Gasteiger partial charge in [-0.25, -0.2) is 0 Å². The van der Waals surface area contributed by atoms with E-state index in [1.54, 1.807) is 16.9 Å². The minimum Gasteiger partial charge on any atom is -0.494 e. The molecule has 0 saturated carbocycles. The average Bonchev–Trinajstić information content (AvgIpc) is 3.18. The van der Waals surface area contributed by atoms with Crippen LogP contribution in [-0.2, 0) is 20.7 Å². The summed E-state index contributed by atoms with van der Waals surface area (Å²) in [7, 11) is 1.60. The number of rotatable bonds is 6. The first-order valence-electron chi connectivity index (χ1n) is 11.0. The van der Waals surface area contributed by atoms with E-state index >= 15 is 0 Å². The van der Waals surface area contributed by atoms with Gasteiger partial charge in [-0.3, -0.25) is 9.59 Å². The Kier molecular flexibility index (Phi) is 5.35. The Labute approximate surface area is 186 Å². The molecule has 3 aromatic rings. The lowest BCUT2D eigenvalue weighted by molar-refractivity contribution is -0.159. The van der Waals surface area contributed by atoms with E-state index < -0.39 is 12.1 Å². The summed E-state index contributed by atoms with van der Waals surface area (Å²) in [5, 5.41) is 1.09. The number of amides is 2. The van der Waals surface area contributed by atoms with Gasteiger partial charge in [-0.1, -0.05) is 36.4 Å². The summed E-state index contributed by atoms with van der Waals surface area (Å²) in [4.78, 5) is 33.9. The van der Waals surface area contributed by atoms with E-state index in [4.69, 9.17) is 9.47 Å². The zero-order valence-electron chi connectivity index (χ0n) is 18.3. The number of para-hydroxylation sites is 2. The molecule has 7 nitrogen and oxygen atoms in total. The van der Waals surface area contributed by atoms with Gasteiger partial charge < -0.3 is 24.3 Å². The van der Waals surface area contributed by atoms with Crippen LogP contribution in [0.3, 0.4) is 0 Å². The molecule has 2 aliphatic heterocycles. The van der Waals surface area contributed by atoms with Gasteiger partial charge >= 0.3 is 0 Å². The Morgan fingerprint density at radius 1 is 1.09 bits per heavy atom. The zero-order valence-corrected chi connectivity index (χ0v) is 18.3. The van der Waals surface area contributed by atoms with E-state index in [1.807, 2.05) is 49.4 Å². The monoisotopic (exact) mass is 433 g/mol. The molecule has 166 valence electrons. The third-order valence-electron chi connectivity index (χ3n) is 6.42. The number of benzene rings is 2. The van der Waals surface area contributed by atoms with E-state index in [0.29, 0.717) is 26.2 Å². The highest BCUT2D eigenvalue weighted by molar-refractivity contribution is 5.97. The Morgan fingerprint density at radius 2 is 1.88 bits per heavy atom. The second-order valence-electron chi connectivity index (χ2n) is 8.21. The molecule has 2 amide bonds. The molecule has 0 aliphatic carbocycles. The van der Waals surface area contributed by atoms with Crippen LogP contribution in [0.25, 0.3) is 10.9 Å². The minimum absolute atomic E-state index is 0.0310. The highest BCUT2D eigenvalue weighted by Crippen LogP contribution is 2.44. The van der Waals surface area contributed by atoms with Gasteiger partial charge in [-0.05, 0) is 24.6 Å². The maximum atomic E-state index is 13.5. The fourth-order valence-corrected chi connectivity index (χ4v) is 5.03. The first kappa shape index (κ1) is 20.6. The van der Waals surface area contributed by atoms with E-state index in [0.717, 1.165) is 33.5 Å². The second-order valence-corrected chi connectivity index (χ2v) is 8.21. The molecular weight excluding hydrogens is 406 g/mol. The quantitative estimate of drug-likeness (QED) is 0.649. The molecular formula is C25H27N3O4. The second kappa shape index (κ2) is 8.31. The van der Waals surface area contributed by atoms with Gasteiger partial charge in [0.2, 0.25) is 11.8 Å². The SMILES string of the molecule is CCOc1ccccc1[C@@H]1c2[nH]c3ccccc3c2C[C@H]2C(=O)N(CCOC)CC(=O)N12. The number of fused-ring (bicyclic) bond motifs is 4. The molecule has 2 aliphatic rings. The van der Waals surface area contributed by atoms with Crippen molar-refractivity contribution in [2.24, 2.45) is 0 Å². The first-order chi connectivity index (χ1) is 15.6. The number of nitrogens with one attached hydrogen (secondary N) is 1. The Morgan fingerprint density at radius 3 is 2.69 bits per heavy atom. The maximum Gasteiger partial charge on any atom is 0.246 e. The number of methoxy groups -OCH3 is 1. The number of piperazine rings is 1. The smallest absolute Gasteiger partial charge is 0.246 e. The number of H-pyrrole nitrogens is 1. The molecule has 3 heterocycles. The van der Waals surface area contributed by atoms with Crippen LogP contribution in [0.15, 0.2) is 48.5 Å². The van der Waals surface area contributed by atoms with Crippen LogP contribution >= 0.6 is 0 Å².